The standard InChI is InChI=1S/C31H42N8S2.H2O4S/c1-5-36(28-16-12-26(13-17-28)32-34-30-38(7-3)22-24-40-30)20-10-9-11-21-37(6-2)29-18-14-27(15-19-29)33-35-31-39(8-4)23-25-41-31;1-5(2,3)4/h12-19,22-25H,5-11,20-21H2,1-4H3;(H2,1,2,3,4)/q+2;/p-2. The van der Waals surface area contributed by atoms with Gasteiger partial charge in [0.2, 0.25) is 0 Å². The molecule has 12 nitrogen and oxygen atoms in total. The highest BCUT2D eigenvalue weighted by atomic mass is 32.3. The van der Waals surface area contributed by atoms with Crippen molar-refractivity contribution in [2.75, 3.05) is 36.0 Å². The third kappa shape index (κ3) is 12.6. The molecule has 0 atom stereocenters. The first-order valence-corrected chi connectivity index (χ1v) is 18.4. The average Bonchev–Trinajstić information content (AvgIpc) is 3.71. The van der Waals surface area contributed by atoms with E-state index in [-0.39, 0.29) is 0 Å². The van der Waals surface area contributed by atoms with E-state index in [0.29, 0.717) is 0 Å². The predicted molar refractivity (Wildman–Crippen MR) is 182 cm³/mol. The molecule has 4 aromatic rings. The van der Waals surface area contributed by atoms with Crippen molar-refractivity contribution < 1.29 is 26.7 Å². The molecular weight excluding hydrogens is 645 g/mol. The van der Waals surface area contributed by atoms with Gasteiger partial charge in [0.15, 0.2) is 0 Å². The van der Waals surface area contributed by atoms with Crippen LogP contribution in [0.5, 0.6) is 0 Å². The molecule has 2 aromatic heterocycles. The third-order valence-electron chi connectivity index (χ3n) is 7.05. The van der Waals surface area contributed by atoms with Crippen molar-refractivity contribution in [3.05, 3.63) is 71.7 Å². The maximum Gasteiger partial charge on any atom is 0.408 e. The highest BCUT2D eigenvalue weighted by Gasteiger charge is 2.12. The van der Waals surface area contributed by atoms with Gasteiger partial charge in [-0.15, -0.1) is 0 Å². The lowest BCUT2D eigenvalue weighted by Crippen LogP contribution is -2.28. The highest BCUT2D eigenvalue weighted by molar-refractivity contribution is 7.79. The summed E-state index contributed by atoms with van der Waals surface area (Å²) >= 11 is 3.21. The Morgan fingerprint density at radius 3 is 1.33 bits per heavy atom. The Kier molecular flexibility index (Phi) is 15.3. The van der Waals surface area contributed by atoms with Gasteiger partial charge in [0, 0.05) is 58.7 Å². The number of benzene rings is 2. The van der Waals surface area contributed by atoms with Gasteiger partial charge in [-0.05, 0) is 128 Å². The normalized spacial score (nSPS) is 11.6. The summed E-state index contributed by atoms with van der Waals surface area (Å²) in [5.41, 5.74) is 4.23. The van der Waals surface area contributed by atoms with Crippen LogP contribution in [0.4, 0.5) is 33.0 Å². The second-order valence-electron chi connectivity index (χ2n) is 10.0. The lowest BCUT2D eigenvalue weighted by Gasteiger charge is -2.25. The van der Waals surface area contributed by atoms with Gasteiger partial charge < -0.3 is 18.9 Å². The Morgan fingerprint density at radius 2 is 1.00 bits per heavy atom. The summed E-state index contributed by atoms with van der Waals surface area (Å²) in [6.07, 6.45) is 7.62. The smallest absolute Gasteiger partial charge is 0.408 e. The molecule has 0 N–H and O–H groups in total. The number of hydrogen-bond acceptors (Lipinski definition) is 12. The first-order valence-electron chi connectivity index (χ1n) is 15.3. The Balaban J connectivity index is 0.00000107. The Hall–Kier alpha value is -3.63. The van der Waals surface area contributed by atoms with Crippen molar-refractivity contribution >= 4 is 66.1 Å². The summed E-state index contributed by atoms with van der Waals surface area (Å²) in [7, 11) is -5.17. The molecular formula is C31H42N8O4S3. The molecule has 0 saturated carbocycles. The number of unbranched alkanes of at least 4 members (excludes halogenated alkanes) is 2. The molecule has 2 aromatic carbocycles. The van der Waals surface area contributed by atoms with Crippen molar-refractivity contribution in [3.63, 3.8) is 0 Å². The van der Waals surface area contributed by atoms with E-state index in [1.54, 1.807) is 22.7 Å². The van der Waals surface area contributed by atoms with E-state index in [1.807, 2.05) is 23.2 Å². The zero-order valence-corrected chi connectivity index (χ0v) is 29.2. The molecule has 0 saturated heterocycles. The maximum atomic E-state index is 8.52. The van der Waals surface area contributed by atoms with Gasteiger partial charge in [0.25, 0.3) is 0 Å². The molecule has 0 aliphatic rings. The van der Waals surface area contributed by atoms with Crippen LogP contribution in [0.2, 0.25) is 0 Å². The van der Waals surface area contributed by atoms with Crippen molar-refractivity contribution in [2.45, 2.75) is 60.0 Å². The maximum absolute atomic E-state index is 8.52. The Morgan fingerprint density at radius 1 is 0.630 bits per heavy atom. The van der Waals surface area contributed by atoms with Crippen LogP contribution in [0.1, 0.15) is 47.0 Å². The Labute approximate surface area is 280 Å². The van der Waals surface area contributed by atoms with Gasteiger partial charge in [0.05, 0.1) is 23.3 Å². The molecule has 0 aliphatic heterocycles. The minimum absolute atomic E-state index is 0.878. The molecule has 0 bridgehead atoms. The molecule has 248 valence electrons. The van der Waals surface area contributed by atoms with Crippen LogP contribution in [0, 0.1) is 0 Å². The fourth-order valence-corrected chi connectivity index (χ4v) is 6.10. The van der Waals surface area contributed by atoms with Gasteiger partial charge in [-0.1, -0.05) is 0 Å². The molecule has 0 spiro atoms. The number of aryl methyl sites for hydroxylation is 2. The topological polar surface area (TPSA) is 144 Å². The van der Waals surface area contributed by atoms with Crippen LogP contribution < -0.4 is 18.9 Å². The third-order valence-corrected chi connectivity index (χ3v) is 8.62. The first kappa shape index (κ1) is 36.8. The average molecular weight is 687 g/mol. The summed E-state index contributed by atoms with van der Waals surface area (Å²) in [6.45, 7) is 14.5. The van der Waals surface area contributed by atoms with E-state index < -0.39 is 10.4 Å². The fourth-order valence-electron chi connectivity index (χ4n) is 4.62. The van der Waals surface area contributed by atoms with E-state index in [0.717, 1.165) is 60.9 Å². The van der Waals surface area contributed by atoms with Crippen LogP contribution in [-0.2, 0) is 23.5 Å². The van der Waals surface area contributed by atoms with Gasteiger partial charge in [-0.3, -0.25) is 8.42 Å². The molecule has 2 heterocycles. The molecule has 0 amide bonds. The molecule has 0 aliphatic carbocycles. The van der Waals surface area contributed by atoms with Crippen LogP contribution in [0.15, 0.2) is 92.1 Å². The summed E-state index contributed by atoms with van der Waals surface area (Å²) in [5, 5.41) is 23.6. The van der Waals surface area contributed by atoms with Crippen molar-refractivity contribution in [2.24, 2.45) is 20.5 Å². The summed E-state index contributed by atoms with van der Waals surface area (Å²) < 4.78 is 38.3. The number of nitrogens with zero attached hydrogens (tertiary/aromatic N) is 8. The minimum atomic E-state index is -5.17. The van der Waals surface area contributed by atoms with E-state index in [1.165, 1.54) is 30.6 Å². The summed E-state index contributed by atoms with van der Waals surface area (Å²) in [6, 6.07) is 16.9. The van der Waals surface area contributed by atoms with E-state index in [2.05, 4.69) is 116 Å². The molecule has 15 heteroatoms. The number of hydrogen-bond donors (Lipinski definition) is 0. The lowest BCUT2D eigenvalue weighted by molar-refractivity contribution is -0.677. The molecule has 0 radical (unpaired) electrons. The number of rotatable bonds is 16. The van der Waals surface area contributed by atoms with E-state index in [4.69, 9.17) is 17.5 Å². The zero-order valence-electron chi connectivity index (χ0n) is 26.7. The van der Waals surface area contributed by atoms with Gasteiger partial charge in [-0.2, -0.15) is 0 Å². The number of anilines is 2. The highest BCUT2D eigenvalue weighted by Crippen LogP contribution is 2.25. The molecule has 46 heavy (non-hydrogen) atoms. The SMILES string of the molecule is CCN(CCCCCN(CC)c1ccc(N=Nc2scc[n+]2CC)cc1)c1ccc(N=Nc2scc[n+]2CC)cc1.O=S(=O)([O-])[O-]. The molecule has 0 unspecified atom stereocenters. The van der Waals surface area contributed by atoms with Crippen LogP contribution >= 0.6 is 22.7 Å². The molecule has 4 rings (SSSR count). The molecule has 0 fully saturated rings. The van der Waals surface area contributed by atoms with E-state index in [9.17, 15) is 0 Å². The van der Waals surface area contributed by atoms with Gasteiger partial charge in [0.1, 0.15) is 23.8 Å². The first-order chi connectivity index (χ1) is 22.1. The van der Waals surface area contributed by atoms with E-state index >= 15 is 0 Å². The number of thiazole rings is 2. The second kappa shape index (κ2) is 19.1. The van der Waals surface area contributed by atoms with Gasteiger partial charge in [-0.25, -0.2) is 9.13 Å². The van der Waals surface area contributed by atoms with Crippen molar-refractivity contribution in [1.82, 2.24) is 0 Å². The zero-order chi connectivity index (χ0) is 33.4. The van der Waals surface area contributed by atoms with Crippen molar-refractivity contribution in [1.29, 1.82) is 0 Å². The summed E-state index contributed by atoms with van der Waals surface area (Å²) in [4.78, 5) is 4.88. The van der Waals surface area contributed by atoms with Crippen LogP contribution in [0.3, 0.4) is 0 Å². The van der Waals surface area contributed by atoms with Crippen LogP contribution in [-0.4, -0.2) is 43.7 Å². The van der Waals surface area contributed by atoms with Gasteiger partial charge >= 0.3 is 10.3 Å². The Bertz CT molecular complexity index is 1510. The minimum Gasteiger partial charge on any atom is -0.759 e. The van der Waals surface area contributed by atoms with Crippen LogP contribution in [0.25, 0.3) is 0 Å². The second-order valence-corrected chi connectivity index (χ2v) is 12.6. The quantitative estimate of drug-likeness (QED) is 0.0394. The summed E-state index contributed by atoms with van der Waals surface area (Å²) in [5.74, 6) is 0. The largest absolute Gasteiger partial charge is 0.759 e. The number of aromatic nitrogens is 2. The lowest BCUT2D eigenvalue weighted by atomic mass is 10.2. The number of azo groups is 2. The fraction of sp³-hybridized carbons (Fsp3) is 0.419. The van der Waals surface area contributed by atoms with Crippen molar-refractivity contribution in [3.8, 4) is 0 Å². The monoisotopic (exact) mass is 686 g/mol. The predicted octanol–water partition coefficient (Wildman–Crippen LogP) is 7.44.